The van der Waals surface area contributed by atoms with Crippen LogP contribution in [0.1, 0.15) is 18.2 Å². The largest absolute Gasteiger partial charge is 0.375 e. The number of hydrogen-bond acceptors (Lipinski definition) is 4. The molecule has 0 spiro atoms. The molecule has 2 rings (SSSR count). The SMILES string of the molecule is CSc1c(CC(C)=NNC(N)=S)c(C)nc2ccccc12. The lowest BCUT2D eigenvalue weighted by Gasteiger charge is -2.13. The van der Waals surface area contributed by atoms with Gasteiger partial charge in [-0.25, -0.2) is 0 Å². The number of fused-ring (bicyclic) bond motifs is 1. The van der Waals surface area contributed by atoms with Crippen molar-refractivity contribution in [1.29, 1.82) is 0 Å². The lowest BCUT2D eigenvalue weighted by atomic mass is 10.0. The molecular formula is C15H18N4S2. The molecule has 4 nitrogen and oxygen atoms in total. The Labute approximate surface area is 134 Å². The second-order valence-electron chi connectivity index (χ2n) is 4.73. The molecule has 0 amide bonds. The molecule has 0 saturated carbocycles. The number of nitrogens with zero attached hydrogens (tertiary/aromatic N) is 2. The monoisotopic (exact) mass is 318 g/mol. The van der Waals surface area contributed by atoms with Gasteiger partial charge in [0.25, 0.3) is 0 Å². The Morgan fingerprint density at radius 3 is 2.81 bits per heavy atom. The Morgan fingerprint density at radius 1 is 1.43 bits per heavy atom. The van der Waals surface area contributed by atoms with Crippen molar-refractivity contribution in [2.45, 2.75) is 25.2 Å². The lowest BCUT2D eigenvalue weighted by molar-refractivity contribution is 1.00. The third kappa shape index (κ3) is 3.71. The van der Waals surface area contributed by atoms with E-state index in [1.165, 1.54) is 15.8 Å². The summed E-state index contributed by atoms with van der Waals surface area (Å²) in [6.07, 6.45) is 2.81. The predicted molar refractivity (Wildman–Crippen MR) is 95.0 cm³/mol. The van der Waals surface area contributed by atoms with E-state index in [9.17, 15) is 0 Å². The number of pyridine rings is 1. The van der Waals surface area contributed by atoms with E-state index < -0.39 is 0 Å². The molecule has 2 aromatic rings. The first kappa shape index (κ1) is 15.7. The molecule has 1 aromatic carbocycles. The van der Waals surface area contributed by atoms with Crippen LogP contribution < -0.4 is 11.2 Å². The minimum Gasteiger partial charge on any atom is -0.375 e. The molecule has 0 unspecified atom stereocenters. The van der Waals surface area contributed by atoms with Crippen LogP contribution in [0.4, 0.5) is 0 Å². The molecule has 0 aliphatic carbocycles. The van der Waals surface area contributed by atoms with Crippen LogP contribution in [-0.2, 0) is 6.42 Å². The topological polar surface area (TPSA) is 63.3 Å². The van der Waals surface area contributed by atoms with Gasteiger partial charge in [-0.2, -0.15) is 5.10 Å². The number of hydrogen-bond donors (Lipinski definition) is 2. The maximum Gasteiger partial charge on any atom is 0.184 e. The molecule has 21 heavy (non-hydrogen) atoms. The van der Waals surface area contributed by atoms with E-state index in [-0.39, 0.29) is 5.11 Å². The van der Waals surface area contributed by atoms with Gasteiger partial charge in [-0.15, -0.1) is 11.8 Å². The number of hydrazone groups is 1. The number of para-hydroxylation sites is 1. The zero-order chi connectivity index (χ0) is 15.4. The van der Waals surface area contributed by atoms with Gasteiger partial charge in [-0.05, 0) is 44.0 Å². The van der Waals surface area contributed by atoms with Crippen LogP contribution in [0, 0.1) is 6.92 Å². The first-order chi connectivity index (χ1) is 10.0. The van der Waals surface area contributed by atoms with Crippen LogP contribution in [0.5, 0.6) is 0 Å². The van der Waals surface area contributed by atoms with E-state index in [4.69, 9.17) is 22.9 Å². The molecule has 0 atom stereocenters. The highest BCUT2D eigenvalue weighted by molar-refractivity contribution is 7.98. The summed E-state index contributed by atoms with van der Waals surface area (Å²) in [6, 6.07) is 8.20. The van der Waals surface area contributed by atoms with Gasteiger partial charge < -0.3 is 5.73 Å². The van der Waals surface area contributed by atoms with Crippen LogP contribution >= 0.6 is 24.0 Å². The van der Waals surface area contributed by atoms with E-state index in [1.54, 1.807) is 11.8 Å². The number of rotatable bonds is 4. The molecule has 0 aliphatic rings. The molecule has 1 heterocycles. The molecule has 3 N–H and O–H groups in total. The fourth-order valence-electron chi connectivity index (χ4n) is 2.23. The number of aromatic nitrogens is 1. The second-order valence-corrected chi connectivity index (χ2v) is 5.98. The van der Waals surface area contributed by atoms with E-state index in [1.807, 2.05) is 32.0 Å². The molecule has 0 fully saturated rings. The number of nitrogens with one attached hydrogen (secondary N) is 1. The van der Waals surface area contributed by atoms with Crippen molar-refractivity contribution in [2.24, 2.45) is 10.8 Å². The normalized spacial score (nSPS) is 11.7. The zero-order valence-electron chi connectivity index (χ0n) is 12.3. The number of aryl methyl sites for hydroxylation is 1. The quantitative estimate of drug-likeness (QED) is 0.393. The van der Waals surface area contributed by atoms with Crippen LogP contribution in [0.25, 0.3) is 10.9 Å². The van der Waals surface area contributed by atoms with Crippen molar-refractivity contribution in [3.8, 4) is 0 Å². The third-order valence-electron chi connectivity index (χ3n) is 3.14. The molecule has 0 radical (unpaired) electrons. The molecule has 6 heteroatoms. The van der Waals surface area contributed by atoms with Crippen molar-refractivity contribution in [3.05, 3.63) is 35.5 Å². The van der Waals surface area contributed by atoms with E-state index in [0.717, 1.165) is 23.3 Å². The summed E-state index contributed by atoms with van der Waals surface area (Å²) in [5.74, 6) is 0. The first-order valence-electron chi connectivity index (χ1n) is 6.53. The molecule has 0 saturated heterocycles. The Balaban J connectivity index is 2.45. The van der Waals surface area contributed by atoms with E-state index in [0.29, 0.717) is 0 Å². The van der Waals surface area contributed by atoms with Gasteiger partial charge in [0.15, 0.2) is 5.11 Å². The molecule has 1 aromatic heterocycles. The van der Waals surface area contributed by atoms with Crippen molar-refractivity contribution in [2.75, 3.05) is 6.26 Å². The first-order valence-corrected chi connectivity index (χ1v) is 8.17. The van der Waals surface area contributed by atoms with E-state index >= 15 is 0 Å². The van der Waals surface area contributed by atoms with Gasteiger partial charge in [0.2, 0.25) is 0 Å². The second kappa shape index (κ2) is 6.87. The summed E-state index contributed by atoms with van der Waals surface area (Å²) in [5.41, 5.74) is 12.2. The van der Waals surface area contributed by atoms with Gasteiger partial charge in [0, 0.05) is 28.1 Å². The van der Waals surface area contributed by atoms with Gasteiger partial charge in [0.1, 0.15) is 0 Å². The highest BCUT2D eigenvalue weighted by atomic mass is 32.2. The lowest BCUT2D eigenvalue weighted by Crippen LogP contribution is -2.25. The average Bonchev–Trinajstić information content (AvgIpc) is 2.46. The molecular weight excluding hydrogens is 300 g/mol. The van der Waals surface area contributed by atoms with E-state index in [2.05, 4.69) is 22.8 Å². The van der Waals surface area contributed by atoms with Crippen molar-refractivity contribution >= 4 is 45.7 Å². The van der Waals surface area contributed by atoms with Crippen LogP contribution in [0.2, 0.25) is 0 Å². The molecule has 110 valence electrons. The Morgan fingerprint density at radius 2 is 2.14 bits per heavy atom. The standard InChI is InChI=1S/C15H18N4S2/c1-9(18-19-15(16)20)8-12-10(2)17-13-7-5-4-6-11(13)14(12)21-3/h4-7H,8H2,1-3H3,(H3,16,19,20). The highest BCUT2D eigenvalue weighted by Crippen LogP contribution is 2.31. The van der Waals surface area contributed by atoms with Crippen molar-refractivity contribution in [1.82, 2.24) is 10.4 Å². The summed E-state index contributed by atoms with van der Waals surface area (Å²) in [7, 11) is 0. The molecule has 0 aliphatic heterocycles. The summed E-state index contributed by atoms with van der Waals surface area (Å²) in [4.78, 5) is 5.95. The van der Waals surface area contributed by atoms with Crippen LogP contribution in [0.3, 0.4) is 0 Å². The predicted octanol–water partition coefficient (Wildman–Crippen LogP) is 3.02. The van der Waals surface area contributed by atoms with Crippen molar-refractivity contribution < 1.29 is 0 Å². The Hall–Kier alpha value is -1.66. The van der Waals surface area contributed by atoms with Crippen LogP contribution in [-0.4, -0.2) is 22.1 Å². The smallest absolute Gasteiger partial charge is 0.184 e. The summed E-state index contributed by atoms with van der Waals surface area (Å²) >= 11 is 6.50. The Bertz CT molecular complexity index is 710. The fourth-order valence-corrected chi connectivity index (χ4v) is 3.13. The number of benzene rings is 1. The minimum atomic E-state index is 0.174. The summed E-state index contributed by atoms with van der Waals surface area (Å²) in [5, 5.41) is 5.53. The Kier molecular flexibility index (Phi) is 5.14. The van der Waals surface area contributed by atoms with Gasteiger partial charge in [-0.3, -0.25) is 10.4 Å². The van der Waals surface area contributed by atoms with Gasteiger partial charge >= 0.3 is 0 Å². The summed E-state index contributed by atoms with van der Waals surface area (Å²) < 4.78 is 0. The molecule has 0 bridgehead atoms. The highest BCUT2D eigenvalue weighted by Gasteiger charge is 2.12. The van der Waals surface area contributed by atoms with Crippen molar-refractivity contribution in [3.63, 3.8) is 0 Å². The number of nitrogens with two attached hydrogens (primary N) is 1. The third-order valence-corrected chi connectivity index (χ3v) is 4.11. The zero-order valence-corrected chi connectivity index (χ0v) is 13.9. The number of thiocarbonyl (C=S) groups is 1. The maximum absolute atomic E-state index is 5.39. The van der Waals surface area contributed by atoms with Gasteiger partial charge in [0.05, 0.1) is 5.52 Å². The van der Waals surface area contributed by atoms with Crippen LogP contribution in [0.15, 0.2) is 34.3 Å². The maximum atomic E-state index is 5.39. The average molecular weight is 318 g/mol. The number of thioether (sulfide) groups is 1. The fraction of sp³-hybridized carbons (Fsp3) is 0.267. The minimum absolute atomic E-state index is 0.174. The summed E-state index contributed by atoms with van der Waals surface area (Å²) in [6.45, 7) is 3.99. The van der Waals surface area contributed by atoms with Gasteiger partial charge in [-0.1, -0.05) is 18.2 Å².